The molecule has 1 aromatic heterocycles. The van der Waals surface area contributed by atoms with Crippen LogP contribution >= 0.6 is 11.3 Å². The van der Waals surface area contributed by atoms with E-state index in [0.717, 1.165) is 5.69 Å². The summed E-state index contributed by atoms with van der Waals surface area (Å²) in [6.45, 7) is 4.74. The number of thiophene rings is 1. The van der Waals surface area contributed by atoms with Crippen molar-refractivity contribution < 1.29 is 0 Å². The lowest BCUT2D eigenvalue weighted by atomic mass is 9.78. The van der Waals surface area contributed by atoms with E-state index >= 15 is 0 Å². The Morgan fingerprint density at radius 3 is 2.02 bits per heavy atom. The van der Waals surface area contributed by atoms with Crippen LogP contribution in [0.4, 0.5) is 17.1 Å². The Bertz CT molecular complexity index is 2070. The van der Waals surface area contributed by atoms with E-state index in [1.165, 1.54) is 64.9 Å². The van der Waals surface area contributed by atoms with Gasteiger partial charge in [-0.05, 0) is 69.8 Å². The first-order valence-electron chi connectivity index (χ1n) is 14.2. The van der Waals surface area contributed by atoms with E-state index in [9.17, 15) is 0 Å². The second-order valence-electron chi connectivity index (χ2n) is 11.4. The molecule has 7 aromatic rings. The standard InChI is InChI=1S/C39H29NS/c1-39(2)34-21-11-9-18-29(34)33-25-28(24-32(37(33)39)26-14-5-3-6-15-26)40(27-16-7-4-8-17-27)35-22-13-20-31-30-19-10-12-23-36(30)41-38(31)35/h3-25H,1-2H3. The number of fused-ring (bicyclic) bond motifs is 6. The lowest BCUT2D eigenvalue weighted by Gasteiger charge is -2.29. The highest BCUT2D eigenvalue weighted by Gasteiger charge is 2.38. The topological polar surface area (TPSA) is 3.24 Å². The molecule has 0 amide bonds. The minimum Gasteiger partial charge on any atom is -0.309 e. The molecule has 0 radical (unpaired) electrons. The Labute approximate surface area is 245 Å². The number of anilines is 3. The predicted molar refractivity (Wildman–Crippen MR) is 177 cm³/mol. The average Bonchev–Trinajstić information content (AvgIpc) is 3.51. The fraction of sp³-hybridized carbons (Fsp3) is 0.0769. The van der Waals surface area contributed by atoms with E-state index in [1.807, 2.05) is 11.3 Å². The fourth-order valence-electron chi connectivity index (χ4n) is 6.80. The summed E-state index contributed by atoms with van der Waals surface area (Å²) in [4.78, 5) is 2.46. The van der Waals surface area contributed by atoms with Gasteiger partial charge in [-0.15, -0.1) is 11.3 Å². The molecule has 0 spiro atoms. The first kappa shape index (κ1) is 24.2. The summed E-state index contributed by atoms with van der Waals surface area (Å²) in [5.41, 5.74) is 11.4. The molecule has 2 heteroatoms. The zero-order chi connectivity index (χ0) is 27.6. The van der Waals surface area contributed by atoms with Crippen molar-refractivity contribution in [3.8, 4) is 22.3 Å². The number of rotatable bonds is 4. The maximum Gasteiger partial charge on any atom is 0.0640 e. The van der Waals surface area contributed by atoms with Gasteiger partial charge in [-0.1, -0.05) is 117 Å². The third kappa shape index (κ3) is 3.68. The van der Waals surface area contributed by atoms with Crippen molar-refractivity contribution in [3.63, 3.8) is 0 Å². The summed E-state index contributed by atoms with van der Waals surface area (Å²) in [6.07, 6.45) is 0. The minimum absolute atomic E-state index is 0.0985. The van der Waals surface area contributed by atoms with Gasteiger partial charge in [-0.3, -0.25) is 0 Å². The molecule has 1 nitrogen and oxygen atoms in total. The lowest BCUT2D eigenvalue weighted by molar-refractivity contribution is 0.662. The van der Waals surface area contributed by atoms with E-state index < -0.39 is 0 Å². The van der Waals surface area contributed by atoms with Crippen LogP contribution in [-0.2, 0) is 5.41 Å². The Kier molecular flexibility index (Phi) is 5.42. The van der Waals surface area contributed by atoms with Gasteiger partial charge < -0.3 is 4.90 Å². The van der Waals surface area contributed by atoms with Crippen molar-refractivity contribution in [2.45, 2.75) is 19.3 Å². The van der Waals surface area contributed by atoms with Crippen LogP contribution in [0, 0.1) is 0 Å². The maximum absolute atomic E-state index is 2.46. The summed E-state index contributed by atoms with van der Waals surface area (Å²) in [5, 5.41) is 2.62. The van der Waals surface area contributed by atoms with Crippen LogP contribution in [0.25, 0.3) is 42.4 Å². The Morgan fingerprint density at radius 2 is 1.20 bits per heavy atom. The number of nitrogens with zero attached hydrogens (tertiary/aromatic N) is 1. The monoisotopic (exact) mass is 543 g/mol. The zero-order valence-corrected chi connectivity index (χ0v) is 24.0. The molecule has 1 aliphatic rings. The molecule has 0 unspecified atom stereocenters. The predicted octanol–water partition coefficient (Wildman–Crippen LogP) is 11.5. The molecule has 41 heavy (non-hydrogen) atoms. The van der Waals surface area contributed by atoms with E-state index in [0.29, 0.717) is 0 Å². The first-order valence-corrected chi connectivity index (χ1v) is 15.0. The normalized spacial score (nSPS) is 13.3. The summed E-state index contributed by atoms with van der Waals surface area (Å²) in [6, 6.07) is 51.0. The van der Waals surface area contributed by atoms with Crippen molar-refractivity contribution >= 4 is 48.6 Å². The largest absolute Gasteiger partial charge is 0.309 e. The molecule has 0 atom stereocenters. The smallest absolute Gasteiger partial charge is 0.0640 e. The summed E-state index contributed by atoms with van der Waals surface area (Å²) in [7, 11) is 0. The third-order valence-corrected chi connectivity index (χ3v) is 9.83. The van der Waals surface area contributed by atoms with Gasteiger partial charge >= 0.3 is 0 Å². The molecule has 196 valence electrons. The van der Waals surface area contributed by atoms with Gasteiger partial charge in [0, 0.05) is 32.3 Å². The van der Waals surface area contributed by atoms with Crippen LogP contribution in [0.2, 0.25) is 0 Å². The van der Waals surface area contributed by atoms with Crippen molar-refractivity contribution in [1.29, 1.82) is 0 Å². The van der Waals surface area contributed by atoms with Crippen molar-refractivity contribution in [2.75, 3.05) is 4.90 Å². The van der Waals surface area contributed by atoms with Gasteiger partial charge in [0.15, 0.2) is 0 Å². The van der Waals surface area contributed by atoms with Gasteiger partial charge in [-0.2, -0.15) is 0 Å². The Balaban J connectivity index is 1.47. The highest BCUT2D eigenvalue weighted by molar-refractivity contribution is 7.26. The van der Waals surface area contributed by atoms with Crippen LogP contribution in [0.1, 0.15) is 25.0 Å². The SMILES string of the molecule is CC1(C)c2ccccc2-c2cc(N(c3ccccc3)c3cccc4c3sc3ccccc34)cc(-c3ccccc3)c21. The van der Waals surface area contributed by atoms with Crippen LogP contribution in [0.3, 0.4) is 0 Å². The third-order valence-electron chi connectivity index (χ3n) is 8.62. The molecular formula is C39H29NS. The number of hydrogen-bond donors (Lipinski definition) is 0. The summed E-state index contributed by atoms with van der Waals surface area (Å²) < 4.78 is 2.62. The van der Waals surface area contributed by atoms with E-state index in [2.05, 4.69) is 158 Å². The summed E-state index contributed by atoms with van der Waals surface area (Å²) in [5.74, 6) is 0. The number of hydrogen-bond acceptors (Lipinski definition) is 2. The van der Waals surface area contributed by atoms with Gasteiger partial charge in [-0.25, -0.2) is 0 Å². The molecule has 0 saturated carbocycles. The molecular weight excluding hydrogens is 515 g/mol. The minimum atomic E-state index is -0.0985. The zero-order valence-electron chi connectivity index (χ0n) is 23.1. The maximum atomic E-state index is 2.46. The van der Waals surface area contributed by atoms with Gasteiger partial charge in [0.05, 0.1) is 10.4 Å². The van der Waals surface area contributed by atoms with Gasteiger partial charge in [0.25, 0.3) is 0 Å². The van der Waals surface area contributed by atoms with Crippen LogP contribution in [0.5, 0.6) is 0 Å². The highest BCUT2D eigenvalue weighted by Crippen LogP contribution is 2.55. The average molecular weight is 544 g/mol. The van der Waals surface area contributed by atoms with Crippen LogP contribution in [0.15, 0.2) is 140 Å². The molecule has 6 aromatic carbocycles. The van der Waals surface area contributed by atoms with Crippen LogP contribution < -0.4 is 4.90 Å². The molecule has 1 aliphatic carbocycles. The second-order valence-corrected chi connectivity index (χ2v) is 12.4. The van der Waals surface area contributed by atoms with Gasteiger partial charge in [0.1, 0.15) is 0 Å². The quantitative estimate of drug-likeness (QED) is 0.213. The molecule has 0 aliphatic heterocycles. The highest BCUT2D eigenvalue weighted by atomic mass is 32.1. The van der Waals surface area contributed by atoms with E-state index in [4.69, 9.17) is 0 Å². The first-order chi connectivity index (χ1) is 20.1. The molecule has 0 saturated heterocycles. The number of para-hydroxylation sites is 1. The molecule has 0 fully saturated rings. The molecule has 8 rings (SSSR count). The molecule has 0 bridgehead atoms. The fourth-order valence-corrected chi connectivity index (χ4v) is 8.00. The van der Waals surface area contributed by atoms with Crippen LogP contribution in [-0.4, -0.2) is 0 Å². The van der Waals surface area contributed by atoms with E-state index in [1.54, 1.807) is 0 Å². The lowest BCUT2D eigenvalue weighted by Crippen LogP contribution is -2.17. The molecule has 0 N–H and O–H groups in total. The van der Waals surface area contributed by atoms with Gasteiger partial charge in [0.2, 0.25) is 0 Å². The Morgan fingerprint density at radius 1 is 0.537 bits per heavy atom. The summed E-state index contributed by atoms with van der Waals surface area (Å²) >= 11 is 1.88. The van der Waals surface area contributed by atoms with Crippen molar-refractivity contribution in [3.05, 3.63) is 151 Å². The molecule has 1 heterocycles. The van der Waals surface area contributed by atoms with E-state index in [-0.39, 0.29) is 5.41 Å². The number of benzene rings is 6. The van der Waals surface area contributed by atoms with Crippen molar-refractivity contribution in [1.82, 2.24) is 0 Å². The van der Waals surface area contributed by atoms with Crippen molar-refractivity contribution in [2.24, 2.45) is 0 Å². The Hall–Kier alpha value is -4.66. The second kappa shape index (κ2) is 9.19.